The van der Waals surface area contributed by atoms with Gasteiger partial charge in [0.25, 0.3) is 0 Å². The Bertz CT molecular complexity index is 500. The summed E-state index contributed by atoms with van der Waals surface area (Å²) in [7, 11) is 0. The summed E-state index contributed by atoms with van der Waals surface area (Å²) in [5.41, 5.74) is -0.423. The first-order chi connectivity index (χ1) is 11.9. The highest BCUT2D eigenvalue weighted by Crippen LogP contribution is 2.68. The topological polar surface area (TPSA) is 94.8 Å². The Morgan fingerprint density at radius 1 is 1.28 bits per heavy atom. The molecule has 0 aliphatic heterocycles. The maximum Gasteiger partial charge on any atom is 0.303 e. The molecule has 2 saturated carbocycles. The van der Waals surface area contributed by atoms with Crippen molar-refractivity contribution in [1.82, 2.24) is 0 Å². The molecule has 3 N–H and O–H groups in total. The van der Waals surface area contributed by atoms with Crippen molar-refractivity contribution in [3.05, 3.63) is 12.2 Å². The van der Waals surface area contributed by atoms with E-state index in [2.05, 4.69) is 6.92 Å². The predicted molar refractivity (Wildman–Crippen MR) is 95.1 cm³/mol. The zero-order valence-corrected chi connectivity index (χ0v) is 15.2. The van der Waals surface area contributed by atoms with Crippen molar-refractivity contribution in [2.75, 3.05) is 0 Å². The summed E-state index contributed by atoms with van der Waals surface area (Å²) < 4.78 is 0. The number of ketones is 1. The van der Waals surface area contributed by atoms with Crippen molar-refractivity contribution < 1.29 is 24.9 Å². The van der Waals surface area contributed by atoms with Crippen LogP contribution in [0.15, 0.2) is 12.2 Å². The molecule has 5 heteroatoms. The van der Waals surface area contributed by atoms with Crippen LogP contribution in [0.1, 0.15) is 71.1 Å². The molecular weight excluding hydrogens is 320 g/mol. The summed E-state index contributed by atoms with van der Waals surface area (Å²) in [6, 6.07) is 0. The largest absolute Gasteiger partial charge is 0.481 e. The van der Waals surface area contributed by atoms with Crippen LogP contribution in [-0.4, -0.2) is 39.3 Å². The molecular formula is C20H32O5. The van der Waals surface area contributed by atoms with E-state index in [1.54, 1.807) is 0 Å². The average Bonchev–Trinajstić information content (AvgIpc) is 3.20. The van der Waals surface area contributed by atoms with Crippen molar-refractivity contribution in [3.63, 3.8) is 0 Å². The Morgan fingerprint density at radius 3 is 2.72 bits per heavy atom. The minimum absolute atomic E-state index is 0.154. The fourth-order valence-electron chi connectivity index (χ4n) is 4.50. The van der Waals surface area contributed by atoms with Crippen LogP contribution in [0, 0.1) is 17.3 Å². The van der Waals surface area contributed by atoms with Gasteiger partial charge in [-0.15, -0.1) is 0 Å². The summed E-state index contributed by atoms with van der Waals surface area (Å²) in [5, 5.41) is 29.7. The highest BCUT2D eigenvalue weighted by atomic mass is 16.4. The molecule has 0 amide bonds. The number of rotatable bonds is 12. The van der Waals surface area contributed by atoms with E-state index in [4.69, 9.17) is 5.11 Å². The number of aliphatic carboxylic acids is 1. The first-order valence-corrected chi connectivity index (χ1v) is 9.69. The summed E-state index contributed by atoms with van der Waals surface area (Å²) in [5.74, 6) is -0.573. The fraction of sp³-hybridized carbons (Fsp3) is 0.800. The number of fused-ring (bicyclic) bond motifs is 1. The second-order valence-electron chi connectivity index (χ2n) is 7.74. The van der Waals surface area contributed by atoms with Gasteiger partial charge in [0.05, 0.1) is 12.2 Å². The van der Waals surface area contributed by atoms with Crippen molar-refractivity contribution in [1.29, 1.82) is 0 Å². The van der Waals surface area contributed by atoms with E-state index in [0.717, 1.165) is 25.7 Å². The lowest BCUT2D eigenvalue weighted by Crippen LogP contribution is -2.40. The van der Waals surface area contributed by atoms with Gasteiger partial charge in [-0.2, -0.15) is 0 Å². The summed E-state index contributed by atoms with van der Waals surface area (Å²) in [6.07, 6.45) is 9.31. The Labute approximate surface area is 150 Å². The molecule has 0 aromatic carbocycles. The third kappa shape index (κ3) is 4.70. The molecule has 2 fully saturated rings. The smallest absolute Gasteiger partial charge is 0.303 e. The summed E-state index contributed by atoms with van der Waals surface area (Å²) in [6.45, 7) is 2.10. The molecule has 142 valence electrons. The number of allylic oxidation sites excluding steroid dienone is 2. The monoisotopic (exact) mass is 352 g/mol. The van der Waals surface area contributed by atoms with Gasteiger partial charge in [-0.1, -0.05) is 38.3 Å². The number of aliphatic hydroxyl groups is 2. The van der Waals surface area contributed by atoms with Crippen LogP contribution < -0.4 is 0 Å². The molecule has 5 unspecified atom stereocenters. The number of hydrogen-bond donors (Lipinski definition) is 3. The van der Waals surface area contributed by atoms with Gasteiger partial charge in [0.15, 0.2) is 0 Å². The Hall–Kier alpha value is -1.20. The lowest BCUT2D eigenvalue weighted by Gasteiger charge is -2.30. The highest BCUT2D eigenvalue weighted by molar-refractivity contribution is 5.87. The van der Waals surface area contributed by atoms with Gasteiger partial charge in [0.2, 0.25) is 0 Å². The van der Waals surface area contributed by atoms with Crippen molar-refractivity contribution in [2.24, 2.45) is 17.3 Å². The van der Waals surface area contributed by atoms with Gasteiger partial charge in [-0.25, -0.2) is 0 Å². The van der Waals surface area contributed by atoms with Crippen LogP contribution in [0.4, 0.5) is 0 Å². The fourth-order valence-corrected chi connectivity index (χ4v) is 4.50. The van der Waals surface area contributed by atoms with E-state index in [0.29, 0.717) is 32.1 Å². The van der Waals surface area contributed by atoms with Crippen LogP contribution >= 0.6 is 0 Å². The number of Topliss-reactive ketones (excluding diaryl/α,β-unsaturated/α-hetero) is 1. The van der Waals surface area contributed by atoms with Gasteiger partial charge >= 0.3 is 5.97 Å². The van der Waals surface area contributed by atoms with E-state index >= 15 is 0 Å². The van der Waals surface area contributed by atoms with Crippen LogP contribution in [0.5, 0.6) is 0 Å². The molecule has 0 bridgehead atoms. The Morgan fingerprint density at radius 2 is 2.04 bits per heavy atom. The maximum absolute atomic E-state index is 12.3. The number of carbonyl (C=O) groups is 2. The molecule has 0 aromatic rings. The average molecular weight is 352 g/mol. The van der Waals surface area contributed by atoms with Crippen LogP contribution in [0.25, 0.3) is 0 Å². The maximum atomic E-state index is 12.3. The van der Waals surface area contributed by atoms with Crippen LogP contribution in [0.3, 0.4) is 0 Å². The van der Waals surface area contributed by atoms with Crippen molar-refractivity contribution in [3.8, 4) is 0 Å². The van der Waals surface area contributed by atoms with Gasteiger partial charge in [-0.3, -0.25) is 9.59 Å². The van der Waals surface area contributed by atoms with E-state index < -0.39 is 23.6 Å². The van der Waals surface area contributed by atoms with E-state index in [-0.39, 0.29) is 24.0 Å². The van der Waals surface area contributed by atoms with Gasteiger partial charge in [-0.05, 0) is 38.0 Å². The first kappa shape index (κ1) is 20.1. The lowest BCUT2D eigenvalue weighted by molar-refractivity contribution is -0.137. The third-order valence-electron chi connectivity index (χ3n) is 6.00. The van der Waals surface area contributed by atoms with Gasteiger partial charge in [0.1, 0.15) is 5.78 Å². The summed E-state index contributed by atoms with van der Waals surface area (Å²) in [4.78, 5) is 22.8. The third-order valence-corrected chi connectivity index (χ3v) is 6.00. The normalized spacial score (nSPS) is 30.4. The molecule has 5 atom stereocenters. The zero-order chi connectivity index (χ0) is 18.4. The molecule has 5 nitrogen and oxygen atoms in total. The standard InChI is InChI=1S/C20H32O5/c1-2-3-6-10-16(21)19(25)20-13-14(20)12-17(22)15(20)9-7-4-5-8-11-18(23)24/h4,7,14-16,19,21,25H,2-3,5-6,8-13H2,1H3,(H,23,24). The van der Waals surface area contributed by atoms with E-state index in [9.17, 15) is 19.8 Å². The molecule has 2 aliphatic rings. The highest BCUT2D eigenvalue weighted by Gasteiger charge is 2.69. The minimum atomic E-state index is -0.814. The molecule has 0 radical (unpaired) electrons. The van der Waals surface area contributed by atoms with Crippen molar-refractivity contribution in [2.45, 2.75) is 83.3 Å². The molecule has 0 spiro atoms. The zero-order valence-electron chi connectivity index (χ0n) is 15.2. The number of unbranched alkanes of at least 4 members (excludes halogenated alkanes) is 3. The molecule has 2 aliphatic carbocycles. The molecule has 25 heavy (non-hydrogen) atoms. The number of hydrogen-bond acceptors (Lipinski definition) is 4. The first-order valence-electron chi connectivity index (χ1n) is 9.69. The van der Waals surface area contributed by atoms with Crippen molar-refractivity contribution >= 4 is 11.8 Å². The SMILES string of the molecule is CCCCCC(O)C(O)C12CC1CC(=O)C2CC=CCCCC(=O)O. The minimum Gasteiger partial charge on any atom is -0.481 e. The van der Waals surface area contributed by atoms with E-state index in [1.807, 2.05) is 12.2 Å². The molecule has 0 saturated heterocycles. The van der Waals surface area contributed by atoms with Crippen LogP contribution in [-0.2, 0) is 9.59 Å². The van der Waals surface area contributed by atoms with Gasteiger partial charge in [0, 0.05) is 24.2 Å². The molecule has 2 rings (SSSR count). The second-order valence-corrected chi connectivity index (χ2v) is 7.74. The summed E-state index contributed by atoms with van der Waals surface area (Å²) >= 11 is 0. The Kier molecular flexibility index (Phi) is 7.20. The Balaban J connectivity index is 1.87. The number of carboxylic acid groups (broad SMARTS) is 1. The van der Waals surface area contributed by atoms with Crippen LogP contribution in [0.2, 0.25) is 0 Å². The predicted octanol–water partition coefficient (Wildman–Crippen LogP) is 3.09. The quantitative estimate of drug-likeness (QED) is 0.371. The van der Waals surface area contributed by atoms with Gasteiger partial charge < -0.3 is 15.3 Å². The lowest BCUT2D eigenvalue weighted by atomic mass is 9.79. The number of carboxylic acids is 1. The molecule has 0 heterocycles. The van der Waals surface area contributed by atoms with E-state index in [1.165, 1.54) is 0 Å². The number of carbonyl (C=O) groups excluding carboxylic acids is 1. The number of aliphatic hydroxyl groups excluding tert-OH is 2. The second kappa shape index (κ2) is 8.95. The molecule has 0 aromatic heterocycles.